The topological polar surface area (TPSA) is 31.0 Å². The molecule has 0 atom stereocenters. The number of rotatable bonds is 4. The zero-order valence-electron chi connectivity index (χ0n) is 18.3. The van der Waals surface area contributed by atoms with E-state index in [1.165, 1.54) is 32.9 Å². The molecule has 0 saturated heterocycles. The minimum absolute atomic E-state index is 0.653. The van der Waals surface area contributed by atoms with E-state index in [0.717, 1.165) is 35.2 Å². The van der Waals surface area contributed by atoms with Crippen LogP contribution in [0.5, 0.6) is 0 Å². The molecular weight excluding hydrogens is 392 g/mol. The van der Waals surface area contributed by atoms with Crippen LogP contribution in [0.25, 0.3) is 50.0 Å². The molecule has 0 aliphatic carbocycles. The standard InChI is InChI=1S/C29H24N2O/c1-3-19-9-15-26-23(17-19)24-18-20(4-2)10-16-27(24)31(26)22-13-11-21(12-14-22)29-30-25-7-5-6-8-28(25)32-29/h5-18H,3-4H2,1-2H3. The summed E-state index contributed by atoms with van der Waals surface area (Å²) < 4.78 is 8.32. The third-order valence-corrected chi connectivity index (χ3v) is 6.38. The fourth-order valence-corrected chi connectivity index (χ4v) is 4.58. The number of hydrogen-bond acceptors (Lipinski definition) is 2. The summed E-state index contributed by atoms with van der Waals surface area (Å²) in [6.45, 7) is 4.42. The van der Waals surface area contributed by atoms with Gasteiger partial charge in [0, 0.05) is 22.0 Å². The van der Waals surface area contributed by atoms with Crippen LogP contribution < -0.4 is 0 Å². The van der Waals surface area contributed by atoms with Gasteiger partial charge in [-0.2, -0.15) is 0 Å². The third-order valence-electron chi connectivity index (χ3n) is 6.38. The van der Waals surface area contributed by atoms with Crippen molar-refractivity contribution in [2.24, 2.45) is 0 Å². The lowest BCUT2D eigenvalue weighted by molar-refractivity contribution is 0.620. The molecular formula is C29H24N2O. The number of nitrogens with zero attached hydrogens (tertiary/aromatic N) is 2. The Bertz CT molecular complexity index is 1490. The molecule has 32 heavy (non-hydrogen) atoms. The molecule has 0 saturated carbocycles. The lowest BCUT2D eigenvalue weighted by Crippen LogP contribution is -1.94. The molecule has 3 nitrogen and oxygen atoms in total. The average Bonchev–Trinajstić information content (AvgIpc) is 3.42. The number of para-hydroxylation sites is 2. The van der Waals surface area contributed by atoms with Crippen LogP contribution in [0.15, 0.2) is 89.3 Å². The van der Waals surface area contributed by atoms with Crippen LogP contribution in [0.4, 0.5) is 0 Å². The van der Waals surface area contributed by atoms with Gasteiger partial charge in [0.15, 0.2) is 5.58 Å². The molecule has 2 heterocycles. The lowest BCUT2D eigenvalue weighted by Gasteiger charge is -2.09. The molecule has 0 unspecified atom stereocenters. The van der Waals surface area contributed by atoms with Crippen LogP contribution >= 0.6 is 0 Å². The number of aryl methyl sites for hydroxylation is 2. The molecule has 0 fully saturated rings. The molecule has 0 radical (unpaired) electrons. The van der Waals surface area contributed by atoms with Crippen molar-refractivity contribution in [2.75, 3.05) is 0 Å². The van der Waals surface area contributed by atoms with Gasteiger partial charge in [-0.15, -0.1) is 0 Å². The molecule has 0 amide bonds. The van der Waals surface area contributed by atoms with Crippen molar-refractivity contribution in [3.63, 3.8) is 0 Å². The second-order valence-electron chi connectivity index (χ2n) is 8.28. The Morgan fingerprint density at radius 2 is 1.34 bits per heavy atom. The van der Waals surface area contributed by atoms with E-state index in [1.807, 2.05) is 24.3 Å². The first-order valence-electron chi connectivity index (χ1n) is 11.3. The minimum Gasteiger partial charge on any atom is -0.436 e. The zero-order chi connectivity index (χ0) is 21.7. The van der Waals surface area contributed by atoms with Gasteiger partial charge in [-0.1, -0.05) is 38.1 Å². The molecule has 156 valence electrons. The highest BCUT2D eigenvalue weighted by atomic mass is 16.3. The lowest BCUT2D eigenvalue weighted by atomic mass is 10.1. The second kappa shape index (κ2) is 7.38. The Kier molecular flexibility index (Phi) is 4.36. The summed E-state index contributed by atoms with van der Waals surface area (Å²) in [4.78, 5) is 4.64. The van der Waals surface area contributed by atoms with Gasteiger partial charge in [-0.05, 0) is 84.6 Å². The summed E-state index contributed by atoms with van der Waals surface area (Å²) >= 11 is 0. The molecule has 3 heteroatoms. The summed E-state index contributed by atoms with van der Waals surface area (Å²) in [5.74, 6) is 0.653. The van der Waals surface area contributed by atoms with Crippen LogP contribution in [-0.4, -0.2) is 9.55 Å². The first-order valence-corrected chi connectivity index (χ1v) is 11.3. The fraction of sp³-hybridized carbons (Fsp3) is 0.138. The highest BCUT2D eigenvalue weighted by Crippen LogP contribution is 2.34. The number of fused-ring (bicyclic) bond motifs is 4. The maximum Gasteiger partial charge on any atom is 0.227 e. The third kappa shape index (κ3) is 2.93. The summed E-state index contributed by atoms with van der Waals surface area (Å²) in [7, 11) is 0. The van der Waals surface area contributed by atoms with E-state index in [0.29, 0.717) is 5.89 Å². The number of hydrogen-bond donors (Lipinski definition) is 0. The van der Waals surface area contributed by atoms with E-state index in [9.17, 15) is 0 Å². The van der Waals surface area contributed by atoms with Crippen LogP contribution in [-0.2, 0) is 12.8 Å². The van der Waals surface area contributed by atoms with Gasteiger partial charge in [0.2, 0.25) is 5.89 Å². The van der Waals surface area contributed by atoms with Crippen molar-refractivity contribution in [3.05, 3.63) is 96.1 Å². The molecule has 6 rings (SSSR count). The molecule has 0 spiro atoms. The molecule has 4 aromatic carbocycles. The highest BCUT2D eigenvalue weighted by Gasteiger charge is 2.14. The van der Waals surface area contributed by atoms with E-state index in [4.69, 9.17) is 4.42 Å². The summed E-state index contributed by atoms with van der Waals surface area (Å²) in [5.41, 5.74) is 9.01. The van der Waals surface area contributed by atoms with Crippen LogP contribution in [0.2, 0.25) is 0 Å². The average molecular weight is 417 g/mol. The first kappa shape index (κ1) is 18.9. The zero-order valence-corrected chi connectivity index (χ0v) is 18.3. The molecule has 0 bridgehead atoms. The summed E-state index contributed by atoms with van der Waals surface area (Å²) in [6, 6.07) is 30.1. The van der Waals surface area contributed by atoms with E-state index in [2.05, 4.69) is 84.1 Å². The SMILES string of the molecule is CCc1ccc2c(c1)c1cc(CC)ccc1n2-c1ccc(-c2nc3ccccc3o2)cc1. The maximum atomic E-state index is 5.96. The Balaban J connectivity index is 1.52. The number of oxazole rings is 1. The van der Waals surface area contributed by atoms with E-state index in [1.54, 1.807) is 0 Å². The highest BCUT2D eigenvalue weighted by molar-refractivity contribution is 6.09. The Hall–Kier alpha value is -3.85. The molecule has 6 aromatic rings. The fourth-order valence-electron chi connectivity index (χ4n) is 4.58. The minimum atomic E-state index is 0.653. The largest absolute Gasteiger partial charge is 0.436 e. The van der Waals surface area contributed by atoms with Gasteiger partial charge in [0.05, 0.1) is 11.0 Å². The molecule has 2 aromatic heterocycles. The molecule has 0 N–H and O–H groups in total. The van der Waals surface area contributed by atoms with Crippen LogP contribution in [0.1, 0.15) is 25.0 Å². The van der Waals surface area contributed by atoms with E-state index in [-0.39, 0.29) is 0 Å². The predicted octanol–water partition coefficient (Wildman–Crippen LogP) is 7.72. The number of benzene rings is 4. The van der Waals surface area contributed by atoms with Crippen molar-refractivity contribution < 1.29 is 4.42 Å². The Morgan fingerprint density at radius 3 is 1.94 bits per heavy atom. The molecule has 0 aliphatic heterocycles. The van der Waals surface area contributed by atoms with Gasteiger partial charge in [0.25, 0.3) is 0 Å². The maximum absolute atomic E-state index is 5.96. The quantitative estimate of drug-likeness (QED) is 0.294. The smallest absolute Gasteiger partial charge is 0.227 e. The first-order chi connectivity index (χ1) is 15.7. The van der Waals surface area contributed by atoms with Crippen LogP contribution in [0.3, 0.4) is 0 Å². The monoisotopic (exact) mass is 416 g/mol. The van der Waals surface area contributed by atoms with Gasteiger partial charge >= 0.3 is 0 Å². The Morgan fingerprint density at radius 1 is 0.719 bits per heavy atom. The summed E-state index contributed by atoms with van der Waals surface area (Å²) in [6.07, 6.45) is 2.07. The van der Waals surface area contributed by atoms with Crippen molar-refractivity contribution in [1.82, 2.24) is 9.55 Å². The van der Waals surface area contributed by atoms with E-state index < -0.39 is 0 Å². The molecule has 0 aliphatic rings. The van der Waals surface area contributed by atoms with Gasteiger partial charge in [-0.3, -0.25) is 0 Å². The van der Waals surface area contributed by atoms with Crippen molar-refractivity contribution >= 4 is 32.9 Å². The van der Waals surface area contributed by atoms with Crippen molar-refractivity contribution in [1.29, 1.82) is 0 Å². The Labute approximate surface area is 186 Å². The van der Waals surface area contributed by atoms with Crippen molar-refractivity contribution in [2.45, 2.75) is 26.7 Å². The number of aromatic nitrogens is 2. The normalized spacial score (nSPS) is 11.7. The van der Waals surface area contributed by atoms with Gasteiger partial charge in [-0.25, -0.2) is 4.98 Å². The van der Waals surface area contributed by atoms with E-state index >= 15 is 0 Å². The van der Waals surface area contributed by atoms with Gasteiger partial charge in [0.1, 0.15) is 5.52 Å². The van der Waals surface area contributed by atoms with Crippen molar-refractivity contribution in [3.8, 4) is 17.1 Å². The predicted molar refractivity (Wildman–Crippen MR) is 133 cm³/mol. The summed E-state index contributed by atoms with van der Waals surface area (Å²) in [5, 5.41) is 2.63. The van der Waals surface area contributed by atoms with Crippen LogP contribution in [0, 0.1) is 0 Å². The second-order valence-corrected chi connectivity index (χ2v) is 8.28. The van der Waals surface area contributed by atoms with Gasteiger partial charge < -0.3 is 8.98 Å².